The van der Waals surface area contributed by atoms with E-state index < -0.39 is 0 Å². The van der Waals surface area contributed by atoms with Gasteiger partial charge in [-0.15, -0.1) is 0 Å². The molecule has 13 rings (SSSR count). The molecule has 12 aromatic rings. The van der Waals surface area contributed by atoms with E-state index >= 15 is 0 Å². The van der Waals surface area contributed by atoms with Gasteiger partial charge in [0.15, 0.2) is 0 Å². The highest BCUT2D eigenvalue weighted by molar-refractivity contribution is 6.29. The summed E-state index contributed by atoms with van der Waals surface area (Å²) >= 11 is 0. The minimum Gasteiger partial charge on any atom is -0.314 e. The van der Waals surface area contributed by atoms with Crippen LogP contribution in [0.3, 0.4) is 0 Å². The lowest BCUT2D eigenvalue weighted by atomic mass is 9.93. The molecule has 0 bridgehead atoms. The third kappa shape index (κ3) is 5.23. The summed E-state index contributed by atoms with van der Waals surface area (Å²) in [4.78, 5) is 4.92. The number of hydrogen-bond acceptors (Lipinski definition) is 2. The quantitative estimate of drug-likeness (QED) is 0.166. The Morgan fingerprint density at radius 1 is 0.422 bits per heavy atom. The van der Waals surface area contributed by atoms with Crippen LogP contribution in [-0.2, 0) is 0 Å². The van der Waals surface area contributed by atoms with Crippen molar-refractivity contribution >= 4 is 105 Å². The average Bonchev–Trinajstić information content (AvgIpc) is 4.03. The van der Waals surface area contributed by atoms with Crippen LogP contribution in [0.2, 0.25) is 0 Å². The summed E-state index contributed by atoms with van der Waals surface area (Å²) in [6.07, 6.45) is 5.79. The molecule has 4 heterocycles. The van der Waals surface area contributed by atoms with Crippen LogP contribution >= 0.6 is 0 Å². The lowest BCUT2D eigenvalue weighted by molar-refractivity contribution is 0.665. The average molecular weight is 825 g/mol. The highest BCUT2D eigenvalue weighted by Crippen LogP contribution is 2.47. The van der Waals surface area contributed by atoms with Crippen molar-refractivity contribution in [1.29, 1.82) is 0 Å². The van der Waals surface area contributed by atoms with Crippen LogP contribution in [0.4, 0.5) is 28.4 Å². The van der Waals surface area contributed by atoms with E-state index in [4.69, 9.17) is 0 Å². The standard InChI is InChI=1S/C60H48N4/c1-35-15-21-41(22-16-35)61(55-29-37(3)13-19-39(55)5)43-25-27-53-49(31-43)45-9-7-11-47-51-34-58-52(33-57(51)63(53)59(45)47)48-12-8-10-46-50-32-44(26-28-54(50)64(58)60(46)48)62(42-23-17-36(2)18-24-42)56-30-38(4)14-20-40(56)6/h7-19,21-34,40H,20H2,1-6H3. The summed E-state index contributed by atoms with van der Waals surface area (Å²) in [5.41, 5.74) is 21.1. The zero-order valence-electron chi connectivity index (χ0n) is 37.2. The van der Waals surface area contributed by atoms with Crippen molar-refractivity contribution in [3.05, 3.63) is 197 Å². The first-order valence-electron chi connectivity index (χ1n) is 22.7. The Hall–Kier alpha value is -7.56. The molecule has 0 radical (unpaired) electrons. The Morgan fingerprint density at radius 2 is 0.875 bits per heavy atom. The minimum absolute atomic E-state index is 0.404. The molecule has 8 aromatic carbocycles. The van der Waals surface area contributed by atoms with Crippen molar-refractivity contribution in [3.63, 3.8) is 0 Å². The Labute approximate surface area is 372 Å². The number of nitrogens with zero attached hydrogens (tertiary/aromatic N) is 4. The largest absolute Gasteiger partial charge is 0.314 e. The van der Waals surface area contributed by atoms with Crippen LogP contribution in [0.25, 0.3) is 76.2 Å². The van der Waals surface area contributed by atoms with Crippen LogP contribution in [0.1, 0.15) is 42.5 Å². The monoisotopic (exact) mass is 824 g/mol. The molecule has 0 fully saturated rings. The lowest BCUT2D eigenvalue weighted by Crippen LogP contribution is -2.23. The van der Waals surface area contributed by atoms with Crippen LogP contribution < -0.4 is 9.80 Å². The number of aromatic nitrogens is 2. The van der Waals surface area contributed by atoms with E-state index in [-0.39, 0.29) is 0 Å². The van der Waals surface area contributed by atoms with Crippen molar-refractivity contribution in [1.82, 2.24) is 8.80 Å². The van der Waals surface area contributed by atoms with Gasteiger partial charge in [0.05, 0.1) is 33.1 Å². The van der Waals surface area contributed by atoms with E-state index in [2.05, 4.69) is 224 Å². The summed E-state index contributed by atoms with van der Waals surface area (Å²) in [6, 6.07) is 57.6. The molecule has 0 saturated carbocycles. The molecule has 0 saturated heterocycles. The normalized spacial score (nSPS) is 14.7. The molecule has 64 heavy (non-hydrogen) atoms. The first kappa shape index (κ1) is 37.0. The minimum atomic E-state index is 0.404. The maximum Gasteiger partial charge on any atom is 0.0620 e. The Balaban J connectivity index is 1.02. The number of allylic oxidation sites excluding steroid dienone is 4. The number of hydrogen-bond donors (Lipinski definition) is 0. The highest BCUT2D eigenvalue weighted by Gasteiger charge is 2.26. The zero-order chi connectivity index (χ0) is 43.1. The molecule has 0 N–H and O–H groups in total. The van der Waals surface area contributed by atoms with Crippen molar-refractivity contribution in [2.45, 2.75) is 48.0 Å². The maximum absolute atomic E-state index is 2.54. The third-order valence-electron chi connectivity index (χ3n) is 14.4. The van der Waals surface area contributed by atoms with Crippen LogP contribution in [-0.4, -0.2) is 8.80 Å². The molecule has 4 aromatic heterocycles. The SMILES string of the molecule is CC1=CCC(C)C(N(c2ccc(C)cc2)c2ccc3c(c2)c2cccc4c5cc6c(cc5n3c24)c2cccc3c4cc(N(c5ccc(C)cc5)c5cc(C)ccc5C)ccc4n6c32)=C1. The molecule has 0 aliphatic heterocycles. The fourth-order valence-corrected chi connectivity index (χ4v) is 11.1. The molecule has 0 spiro atoms. The highest BCUT2D eigenvalue weighted by atomic mass is 15.2. The fraction of sp³-hybridized carbons (Fsp3) is 0.133. The smallest absolute Gasteiger partial charge is 0.0620 e. The first-order chi connectivity index (χ1) is 31.2. The summed E-state index contributed by atoms with van der Waals surface area (Å²) in [7, 11) is 0. The number of fused-ring (bicyclic) bond motifs is 12. The van der Waals surface area contributed by atoms with Crippen molar-refractivity contribution in [2.24, 2.45) is 5.92 Å². The number of benzene rings is 8. The third-order valence-corrected chi connectivity index (χ3v) is 14.4. The van der Waals surface area contributed by atoms with Gasteiger partial charge in [-0.3, -0.25) is 0 Å². The van der Waals surface area contributed by atoms with Gasteiger partial charge in [0, 0.05) is 83.1 Å². The molecule has 1 atom stereocenters. The Kier molecular flexibility index (Phi) is 7.80. The molecule has 1 aliphatic carbocycles. The summed E-state index contributed by atoms with van der Waals surface area (Å²) in [5.74, 6) is 0.404. The molecule has 1 aliphatic rings. The number of rotatable bonds is 6. The molecule has 308 valence electrons. The molecular weight excluding hydrogens is 777 g/mol. The molecule has 1 unspecified atom stereocenters. The van der Waals surface area contributed by atoms with E-state index in [1.807, 2.05) is 0 Å². The fourth-order valence-electron chi connectivity index (χ4n) is 11.1. The maximum atomic E-state index is 2.54. The second kappa shape index (κ2) is 13.5. The van der Waals surface area contributed by atoms with Gasteiger partial charge in [0.1, 0.15) is 0 Å². The Morgan fingerprint density at radius 3 is 1.41 bits per heavy atom. The molecular formula is C60H48N4. The van der Waals surface area contributed by atoms with Crippen LogP contribution in [0.15, 0.2) is 175 Å². The van der Waals surface area contributed by atoms with E-state index in [9.17, 15) is 0 Å². The lowest BCUT2D eigenvalue weighted by Gasteiger charge is -2.33. The number of para-hydroxylation sites is 2. The van der Waals surface area contributed by atoms with E-state index in [0.717, 1.165) is 17.8 Å². The number of anilines is 5. The van der Waals surface area contributed by atoms with Crippen LogP contribution in [0, 0.1) is 33.6 Å². The van der Waals surface area contributed by atoms with E-state index in [1.54, 1.807) is 0 Å². The predicted octanol–water partition coefficient (Wildman–Crippen LogP) is 16.7. The zero-order valence-corrected chi connectivity index (χ0v) is 37.2. The predicted molar refractivity (Wildman–Crippen MR) is 274 cm³/mol. The molecule has 4 heteroatoms. The van der Waals surface area contributed by atoms with Gasteiger partial charge in [-0.25, -0.2) is 0 Å². The first-order valence-corrected chi connectivity index (χ1v) is 22.7. The van der Waals surface area contributed by atoms with Crippen molar-refractivity contribution in [3.8, 4) is 0 Å². The van der Waals surface area contributed by atoms with Gasteiger partial charge in [0.25, 0.3) is 0 Å². The van der Waals surface area contributed by atoms with Gasteiger partial charge >= 0.3 is 0 Å². The van der Waals surface area contributed by atoms with E-state index in [0.29, 0.717) is 5.92 Å². The van der Waals surface area contributed by atoms with Crippen molar-refractivity contribution in [2.75, 3.05) is 9.80 Å². The number of aryl methyl sites for hydroxylation is 4. The second-order valence-corrected chi connectivity index (χ2v) is 18.6. The second-order valence-electron chi connectivity index (χ2n) is 18.6. The molecule has 0 amide bonds. The van der Waals surface area contributed by atoms with Crippen molar-refractivity contribution < 1.29 is 0 Å². The van der Waals surface area contributed by atoms with Crippen LogP contribution in [0.5, 0.6) is 0 Å². The van der Waals surface area contributed by atoms with Gasteiger partial charge in [-0.1, -0.05) is 102 Å². The summed E-state index contributed by atoms with van der Waals surface area (Å²) < 4.78 is 5.07. The van der Waals surface area contributed by atoms with Gasteiger partial charge in [-0.2, -0.15) is 0 Å². The van der Waals surface area contributed by atoms with E-state index in [1.165, 1.54) is 127 Å². The Bertz CT molecular complexity index is 3930. The molecule has 4 nitrogen and oxygen atoms in total. The topological polar surface area (TPSA) is 15.3 Å². The van der Waals surface area contributed by atoms with Gasteiger partial charge in [0.2, 0.25) is 0 Å². The summed E-state index contributed by atoms with van der Waals surface area (Å²) in [5, 5.41) is 10.3. The summed E-state index contributed by atoms with van der Waals surface area (Å²) in [6.45, 7) is 13.3. The van der Waals surface area contributed by atoms with Gasteiger partial charge in [-0.05, 0) is 137 Å². The van der Waals surface area contributed by atoms with Gasteiger partial charge < -0.3 is 18.6 Å².